The van der Waals surface area contributed by atoms with Crippen molar-refractivity contribution in [2.45, 2.75) is 6.92 Å². The topological polar surface area (TPSA) is 91.4 Å². The van der Waals surface area contributed by atoms with Crippen LogP contribution in [0.15, 0.2) is 5.38 Å². The SMILES string of the molecule is CNC(=O)C1CN(C(=O)c2csc(NC(C)=O)n2)C1. The van der Waals surface area contributed by atoms with Crippen LogP contribution in [0.4, 0.5) is 5.13 Å². The Kier molecular flexibility index (Phi) is 3.79. The zero-order valence-corrected chi connectivity index (χ0v) is 11.4. The predicted molar refractivity (Wildman–Crippen MR) is 69.9 cm³/mol. The minimum Gasteiger partial charge on any atom is -0.359 e. The third-order valence-electron chi connectivity index (χ3n) is 2.79. The van der Waals surface area contributed by atoms with E-state index in [-0.39, 0.29) is 23.6 Å². The van der Waals surface area contributed by atoms with Gasteiger partial charge in [-0.15, -0.1) is 11.3 Å². The molecule has 1 saturated heterocycles. The monoisotopic (exact) mass is 282 g/mol. The summed E-state index contributed by atoms with van der Waals surface area (Å²) in [6.45, 7) is 2.20. The van der Waals surface area contributed by atoms with Gasteiger partial charge >= 0.3 is 0 Å². The third kappa shape index (κ3) is 2.90. The summed E-state index contributed by atoms with van der Waals surface area (Å²) in [5.41, 5.74) is 0.295. The Balaban J connectivity index is 1.93. The Labute approximate surface area is 114 Å². The molecule has 0 aliphatic carbocycles. The highest BCUT2D eigenvalue weighted by Gasteiger charge is 2.36. The van der Waals surface area contributed by atoms with Crippen molar-refractivity contribution in [2.75, 3.05) is 25.5 Å². The lowest BCUT2D eigenvalue weighted by Crippen LogP contribution is -2.55. The Bertz CT molecular complexity index is 522. The van der Waals surface area contributed by atoms with Gasteiger partial charge in [0, 0.05) is 32.4 Å². The molecular formula is C11H14N4O3S. The van der Waals surface area contributed by atoms with E-state index in [1.165, 1.54) is 18.3 Å². The fourth-order valence-corrected chi connectivity index (χ4v) is 2.49. The summed E-state index contributed by atoms with van der Waals surface area (Å²) < 4.78 is 0. The highest BCUT2D eigenvalue weighted by Crippen LogP contribution is 2.21. The van der Waals surface area contributed by atoms with Crippen molar-refractivity contribution < 1.29 is 14.4 Å². The molecule has 0 spiro atoms. The van der Waals surface area contributed by atoms with E-state index in [1.54, 1.807) is 17.3 Å². The molecule has 8 heteroatoms. The van der Waals surface area contributed by atoms with Crippen LogP contribution in [0.2, 0.25) is 0 Å². The molecule has 0 radical (unpaired) electrons. The second-order valence-corrected chi connectivity index (χ2v) is 5.10. The van der Waals surface area contributed by atoms with Crippen LogP contribution >= 0.6 is 11.3 Å². The maximum Gasteiger partial charge on any atom is 0.273 e. The molecule has 1 aromatic heterocycles. The molecule has 0 aromatic carbocycles. The largest absolute Gasteiger partial charge is 0.359 e. The first kappa shape index (κ1) is 13.5. The minimum atomic E-state index is -0.225. The standard InChI is InChI=1S/C11H14N4O3S/c1-6(16)13-11-14-8(5-19-11)10(18)15-3-7(4-15)9(17)12-2/h5,7H,3-4H2,1-2H3,(H,12,17)(H,13,14,16). The van der Waals surface area contributed by atoms with Crippen LogP contribution in [0.25, 0.3) is 0 Å². The Hall–Kier alpha value is -1.96. The zero-order chi connectivity index (χ0) is 14.0. The summed E-state index contributed by atoms with van der Waals surface area (Å²) in [6, 6.07) is 0. The van der Waals surface area contributed by atoms with Crippen molar-refractivity contribution in [3.63, 3.8) is 0 Å². The van der Waals surface area contributed by atoms with Gasteiger partial charge in [0.1, 0.15) is 5.69 Å². The van der Waals surface area contributed by atoms with Gasteiger partial charge in [0.05, 0.1) is 5.92 Å². The normalized spacial score (nSPS) is 14.7. The highest BCUT2D eigenvalue weighted by atomic mass is 32.1. The summed E-state index contributed by atoms with van der Waals surface area (Å²) in [4.78, 5) is 39.8. The first-order valence-electron chi connectivity index (χ1n) is 5.75. The highest BCUT2D eigenvalue weighted by molar-refractivity contribution is 7.14. The average Bonchev–Trinajstić information content (AvgIpc) is 2.74. The van der Waals surface area contributed by atoms with Gasteiger partial charge in [-0.2, -0.15) is 0 Å². The van der Waals surface area contributed by atoms with E-state index in [2.05, 4.69) is 15.6 Å². The minimum absolute atomic E-state index is 0.0544. The zero-order valence-electron chi connectivity index (χ0n) is 10.6. The summed E-state index contributed by atoms with van der Waals surface area (Å²) in [6.07, 6.45) is 0. The van der Waals surface area contributed by atoms with Crippen LogP contribution in [0.1, 0.15) is 17.4 Å². The molecule has 2 N–H and O–H groups in total. The molecule has 102 valence electrons. The Morgan fingerprint density at radius 1 is 1.42 bits per heavy atom. The molecule has 0 unspecified atom stereocenters. The van der Waals surface area contributed by atoms with Gasteiger partial charge in [-0.3, -0.25) is 14.4 Å². The van der Waals surface area contributed by atoms with Gasteiger partial charge in [-0.05, 0) is 0 Å². The first-order valence-corrected chi connectivity index (χ1v) is 6.63. The number of nitrogens with zero attached hydrogens (tertiary/aromatic N) is 2. The van der Waals surface area contributed by atoms with Gasteiger partial charge in [0.2, 0.25) is 11.8 Å². The van der Waals surface area contributed by atoms with Gasteiger partial charge in [0.15, 0.2) is 5.13 Å². The van der Waals surface area contributed by atoms with Crippen LogP contribution in [-0.2, 0) is 9.59 Å². The van der Waals surface area contributed by atoms with Crippen LogP contribution < -0.4 is 10.6 Å². The quantitative estimate of drug-likeness (QED) is 0.811. The summed E-state index contributed by atoms with van der Waals surface area (Å²) >= 11 is 1.20. The number of hydrogen-bond donors (Lipinski definition) is 2. The number of nitrogens with one attached hydrogen (secondary N) is 2. The van der Waals surface area contributed by atoms with Crippen LogP contribution in [0, 0.1) is 5.92 Å². The van der Waals surface area contributed by atoms with Crippen molar-refractivity contribution in [3.8, 4) is 0 Å². The molecule has 0 saturated carbocycles. The van der Waals surface area contributed by atoms with E-state index in [1.807, 2.05) is 0 Å². The van der Waals surface area contributed by atoms with Crippen molar-refractivity contribution in [3.05, 3.63) is 11.1 Å². The first-order chi connectivity index (χ1) is 9.01. The number of carbonyl (C=O) groups is 3. The average molecular weight is 282 g/mol. The summed E-state index contributed by atoms with van der Waals surface area (Å²) in [5.74, 6) is -0.631. The number of likely N-dealkylation sites (tertiary alicyclic amines) is 1. The molecule has 0 atom stereocenters. The number of hydrogen-bond acceptors (Lipinski definition) is 5. The molecule has 1 aromatic rings. The molecular weight excluding hydrogens is 268 g/mol. The van der Waals surface area contributed by atoms with Crippen molar-refractivity contribution in [1.82, 2.24) is 15.2 Å². The fraction of sp³-hybridized carbons (Fsp3) is 0.455. The molecule has 0 bridgehead atoms. The molecule has 1 aliphatic rings. The van der Waals surface area contributed by atoms with Gasteiger partial charge in [0.25, 0.3) is 5.91 Å². The van der Waals surface area contributed by atoms with Crippen molar-refractivity contribution in [1.29, 1.82) is 0 Å². The number of rotatable bonds is 3. The van der Waals surface area contributed by atoms with Crippen molar-refractivity contribution in [2.24, 2.45) is 5.92 Å². The van der Waals surface area contributed by atoms with Crippen molar-refractivity contribution >= 4 is 34.2 Å². The molecule has 7 nitrogen and oxygen atoms in total. The van der Waals surface area contributed by atoms with E-state index >= 15 is 0 Å². The lowest BCUT2D eigenvalue weighted by Gasteiger charge is -2.37. The number of amides is 3. The molecule has 1 aliphatic heterocycles. The lowest BCUT2D eigenvalue weighted by atomic mass is 9.99. The predicted octanol–water partition coefficient (Wildman–Crippen LogP) is -0.0805. The molecule has 3 amide bonds. The lowest BCUT2D eigenvalue weighted by molar-refractivity contribution is -0.128. The number of anilines is 1. The maximum absolute atomic E-state index is 12.0. The smallest absolute Gasteiger partial charge is 0.273 e. The van der Waals surface area contributed by atoms with E-state index in [4.69, 9.17) is 0 Å². The van der Waals surface area contributed by atoms with Gasteiger partial charge in [-0.25, -0.2) is 4.98 Å². The molecule has 19 heavy (non-hydrogen) atoms. The van der Waals surface area contributed by atoms with E-state index in [0.29, 0.717) is 23.9 Å². The number of aromatic nitrogens is 1. The number of thiazole rings is 1. The van der Waals surface area contributed by atoms with E-state index < -0.39 is 0 Å². The van der Waals surface area contributed by atoms with E-state index in [0.717, 1.165) is 0 Å². The third-order valence-corrected chi connectivity index (χ3v) is 3.55. The second kappa shape index (κ2) is 5.35. The molecule has 1 fully saturated rings. The van der Waals surface area contributed by atoms with Crippen LogP contribution in [0.3, 0.4) is 0 Å². The maximum atomic E-state index is 12.0. The Morgan fingerprint density at radius 2 is 2.11 bits per heavy atom. The van der Waals surface area contributed by atoms with Gasteiger partial charge < -0.3 is 15.5 Å². The van der Waals surface area contributed by atoms with E-state index in [9.17, 15) is 14.4 Å². The van der Waals surface area contributed by atoms with Crippen LogP contribution in [-0.4, -0.2) is 47.7 Å². The van der Waals surface area contributed by atoms with Gasteiger partial charge in [-0.1, -0.05) is 0 Å². The second-order valence-electron chi connectivity index (χ2n) is 4.24. The Morgan fingerprint density at radius 3 is 2.68 bits per heavy atom. The van der Waals surface area contributed by atoms with Crippen LogP contribution in [0.5, 0.6) is 0 Å². The summed E-state index contributed by atoms with van der Waals surface area (Å²) in [5, 5.41) is 7.08. The number of carbonyl (C=O) groups excluding carboxylic acids is 3. The molecule has 2 heterocycles. The summed E-state index contributed by atoms with van der Waals surface area (Å²) in [7, 11) is 1.58. The molecule has 2 rings (SSSR count). The fourth-order valence-electron chi connectivity index (χ4n) is 1.76.